The number of aromatic nitrogens is 1. The second-order valence-corrected chi connectivity index (χ2v) is 5.02. The van der Waals surface area contributed by atoms with Crippen molar-refractivity contribution in [2.24, 2.45) is 5.73 Å². The normalized spacial score (nSPS) is 11.0. The topological polar surface area (TPSA) is 73.1 Å². The first-order valence-electron chi connectivity index (χ1n) is 7.25. The van der Waals surface area contributed by atoms with Crippen molar-refractivity contribution in [2.45, 2.75) is 33.1 Å². The van der Waals surface area contributed by atoms with Crippen molar-refractivity contribution in [3.05, 3.63) is 54.2 Å². The summed E-state index contributed by atoms with van der Waals surface area (Å²) in [6, 6.07) is 13.5. The van der Waals surface area contributed by atoms with Gasteiger partial charge in [0, 0.05) is 18.2 Å². The summed E-state index contributed by atoms with van der Waals surface area (Å²) in [5.74, 6) is -0.341. The molecule has 1 heterocycles. The van der Waals surface area contributed by atoms with Crippen LogP contribution in [0.2, 0.25) is 0 Å². The predicted octanol–water partition coefficient (Wildman–Crippen LogP) is 3.32. The first-order chi connectivity index (χ1) is 10.5. The quantitative estimate of drug-likeness (QED) is 0.941. The van der Waals surface area contributed by atoms with E-state index in [4.69, 9.17) is 5.73 Å². The van der Waals surface area contributed by atoms with Crippen molar-refractivity contribution >= 4 is 11.7 Å². The lowest BCUT2D eigenvalue weighted by Gasteiger charge is -2.09. The highest BCUT2D eigenvalue weighted by Crippen LogP contribution is 2.22. The molecule has 0 spiro atoms. The van der Waals surface area contributed by atoms with Crippen molar-refractivity contribution in [3.63, 3.8) is 0 Å². The number of hydrogen-bond acceptors (Lipinski definition) is 3. The number of carbonyl (C=O) groups is 2. The summed E-state index contributed by atoms with van der Waals surface area (Å²) >= 11 is 0. The van der Waals surface area contributed by atoms with E-state index in [1.807, 2.05) is 49.4 Å². The molecule has 1 atom stereocenters. The maximum Gasteiger partial charge on any atom is 0.224 e. The highest BCUT2D eigenvalue weighted by Gasteiger charge is 2.12. The molecule has 1 amide bonds. The molecule has 4 nitrogen and oxygen atoms in total. The van der Waals surface area contributed by atoms with Gasteiger partial charge in [-0.2, -0.15) is 0 Å². The first kappa shape index (κ1) is 17.6. The van der Waals surface area contributed by atoms with Gasteiger partial charge in [-0.05, 0) is 37.6 Å². The second-order valence-electron chi connectivity index (χ2n) is 5.02. The Bertz CT molecular complexity index is 624. The number of ketones is 1. The number of rotatable bonds is 4. The number of primary amides is 1. The molecule has 0 aliphatic carbocycles. The third-order valence-corrected chi connectivity index (χ3v) is 3.27. The van der Waals surface area contributed by atoms with Gasteiger partial charge in [-0.3, -0.25) is 9.78 Å². The number of amides is 1. The third kappa shape index (κ3) is 5.48. The number of carbonyl (C=O) groups excluding carboxylic acids is 2. The lowest BCUT2D eigenvalue weighted by molar-refractivity contribution is -0.119. The molecule has 0 saturated heterocycles. The van der Waals surface area contributed by atoms with Crippen LogP contribution in [0.4, 0.5) is 0 Å². The Balaban J connectivity index is 0.000000422. The molecule has 0 radical (unpaired) electrons. The van der Waals surface area contributed by atoms with Crippen LogP contribution in [0.15, 0.2) is 48.7 Å². The Morgan fingerprint density at radius 3 is 2.36 bits per heavy atom. The van der Waals surface area contributed by atoms with Gasteiger partial charge in [0.1, 0.15) is 5.78 Å². The Kier molecular flexibility index (Phi) is 6.96. The average molecular weight is 298 g/mol. The Labute approximate surface area is 131 Å². The van der Waals surface area contributed by atoms with Gasteiger partial charge in [0.2, 0.25) is 5.91 Å². The van der Waals surface area contributed by atoms with E-state index in [0.717, 1.165) is 16.8 Å². The molecule has 4 heteroatoms. The van der Waals surface area contributed by atoms with Crippen molar-refractivity contribution in [2.75, 3.05) is 0 Å². The molecule has 1 aromatic heterocycles. The molecule has 116 valence electrons. The molecule has 0 saturated carbocycles. The zero-order valence-electron chi connectivity index (χ0n) is 13.2. The van der Waals surface area contributed by atoms with E-state index in [1.165, 1.54) is 0 Å². The molecule has 2 rings (SSSR count). The average Bonchev–Trinajstić information content (AvgIpc) is 2.55. The standard InChI is InChI=1S/C14H14N2O.C4H8O/c1-10(14(15)17)11-5-4-6-12(9-11)13-7-2-3-8-16-13;1-3-4(2)5/h2-10H,1H3,(H2,15,17);3H2,1-2H3. The fraction of sp³-hybridized carbons (Fsp3) is 0.278. The van der Waals surface area contributed by atoms with Crippen LogP contribution < -0.4 is 5.73 Å². The van der Waals surface area contributed by atoms with Crippen molar-refractivity contribution < 1.29 is 9.59 Å². The van der Waals surface area contributed by atoms with Crippen molar-refractivity contribution in [1.29, 1.82) is 0 Å². The second kappa shape index (κ2) is 8.72. The van der Waals surface area contributed by atoms with E-state index in [9.17, 15) is 9.59 Å². The molecule has 2 N–H and O–H groups in total. The Hall–Kier alpha value is -2.49. The smallest absolute Gasteiger partial charge is 0.224 e. The van der Waals surface area contributed by atoms with Gasteiger partial charge in [-0.15, -0.1) is 0 Å². The van der Waals surface area contributed by atoms with Gasteiger partial charge in [-0.25, -0.2) is 0 Å². The molecule has 22 heavy (non-hydrogen) atoms. The van der Waals surface area contributed by atoms with E-state index in [1.54, 1.807) is 20.0 Å². The minimum absolute atomic E-state index is 0.255. The lowest BCUT2D eigenvalue weighted by Crippen LogP contribution is -2.18. The maximum atomic E-state index is 11.2. The number of hydrogen-bond donors (Lipinski definition) is 1. The fourth-order valence-corrected chi connectivity index (χ4v) is 1.67. The fourth-order valence-electron chi connectivity index (χ4n) is 1.67. The Morgan fingerprint density at radius 2 is 1.86 bits per heavy atom. The highest BCUT2D eigenvalue weighted by atomic mass is 16.1. The number of nitrogens with two attached hydrogens (primary N) is 1. The molecule has 1 unspecified atom stereocenters. The van der Waals surface area contributed by atoms with Gasteiger partial charge in [0.15, 0.2) is 0 Å². The lowest BCUT2D eigenvalue weighted by atomic mass is 9.97. The van der Waals surface area contributed by atoms with Crippen LogP contribution >= 0.6 is 0 Å². The minimum atomic E-state index is -0.317. The van der Waals surface area contributed by atoms with Gasteiger partial charge in [0.05, 0.1) is 11.6 Å². The van der Waals surface area contributed by atoms with E-state index in [-0.39, 0.29) is 17.6 Å². The molecule has 2 aromatic rings. The number of pyridine rings is 1. The van der Waals surface area contributed by atoms with Gasteiger partial charge < -0.3 is 10.5 Å². The summed E-state index contributed by atoms with van der Waals surface area (Å²) < 4.78 is 0. The van der Waals surface area contributed by atoms with Crippen molar-refractivity contribution in [1.82, 2.24) is 4.98 Å². The monoisotopic (exact) mass is 298 g/mol. The SMILES string of the molecule is CC(C(N)=O)c1cccc(-c2ccccn2)c1.CCC(C)=O. The zero-order valence-corrected chi connectivity index (χ0v) is 13.2. The molecule has 0 aliphatic rings. The van der Waals surface area contributed by atoms with E-state index in [0.29, 0.717) is 6.42 Å². The van der Waals surface area contributed by atoms with E-state index >= 15 is 0 Å². The van der Waals surface area contributed by atoms with Crippen LogP contribution in [-0.4, -0.2) is 16.7 Å². The van der Waals surface area contributed by atoms with Crippen molar-refractivity contribution in [3.8, 4) is 11.3 Å². The molecule has 1 aromatic carbocycles. The summed E-state index contributed by atoms with van der Waals surface area (Å²) in [6.07, 6.45) is 2.42. The van der Waals surface area contributed by atoms with Crippen LogP contribution in [-0.2, 0) is 9.59 Å². The number of nitrogens with zero attached hydrogens (tertiary/aromatic N) is 1. The van der Waals surface area contributed by atoms with Crippen LogP contribution in [0.25, 0.3) is 11.3 Å². The highest BCUT2D eigenvalue weighted by molar-refractivity contribution is 5.82. The summed E-state index contributed by atoms with van der Waals surface area (Å²) in [4.78, 5) is 25.2. The van der Waals surface area contributed by atoms with Crippen LogP contribution in [0.1, 0.15) is 38.7 Å². The first-order valence-corrected chi connectivity index (χ1v) is 7.25. The maximum absolute atomic E-state index is 11.2. The van der Waals surface area contributed by atoms with Gasteiger partial charge in [0.25, 0.3) is 0 Å². The molecule has 0 aliphatic heterocycles. The molecule has 0 fully saturated rings. The van der Waals surface area contributed by atoms with Gasteiger partial charge >= 0.3 is 0 Å². The predicted molar refractivity (Wildman–Crippen MR) is 88.3 cm³/mol. The Morgan fingerprint density at radius 1 is 1.18 bits per heavy atom. The summed E-state index contributed by atoms with van der Waals surface area (Å²) in [5, 5.41) is 0. The van der Waals surface area contributed by atoms with E-state index < -0.39 is 0 Å². The van der Waals surface area contributed by atoms with Gasteiger partial charge in [-0.1, -0.05) is 31.2 Å². The van der Waals surface area contributed by atoms with Crippen LogP contribution in [0.5, 0.6) is 0 Å². The largest absolute Gasteiger partial charge is 0.369 e. The number of Topliss-reactive ketones (excluding diaryl/α,β-unsaturated/α-hetero) is 1. The number of benzene rings is 1. The summed E-state index contributed by atoms with van der Waals surface area (Å²) in [7, 11) is 0. The molecule has 0 bridgehead atoms. The minimum Gasteiger partial charge on any atom is -0.369 e. The summed E-state index contributed by atoms with van der Waals surface area (Å²) in [6.45, 7) is 5.24. The van der Waals surface area contributed by atoms with Crippen LogP contribution in [0, 0.1) is 0 Å². The van der Waals surface area contributed by atoms with Crippen LogP contribution in [0.3, 0.4) is 0 Å². The zero-order chi connectivity index (χ0) is 16.5. The molecular weight excluding hydrogens is 276 g/mol. The third-order valence-electron chi connectivity index (χ3n) is 3.27. The summed E-state index contributed by atoms with van der Waals surface area (Å²) in [5.41, 5.74) is 8.11. The van der Waals surface area contributed by atoms with E-state index in [2.05, 4.69) is 4.98 Å². The molecular formula is C18H22N2O2.